The van der Waals surface area contributed by atoms with Crippen LogP contribution in [0.2, 0.25) is 0 Å². The quantitative estimate of drug-likeness (QED) is 0.509. The van der Waals surface area contributed by atoms with E-state index in [-0.39, 0.29) is 11.6 Å². The fourth-order valence-electron chi connectivity index (χ4n) is 2.57. The molecule has 1 aliphatic heterocycles. The normalized spacial score (nSPS) is 13.5. The zero-order valence-electron chi connectivity index (χ0n) is 11.2. The largest absolute Gasteiger partial charge is 0.271 e. The summed E-state index contributed by atoms with van der Waals surface area (Å²) in [6.07, 6.45) is 0. The summed E-state index contributed by atoms with van der Waals surface area (Å²) < 4.78 is 1.54. The minimum Gasteiger partial charge on any atom is -0.268 e. The highest BCUT2D eigenvalue weighted by molar-refractivity contribution is 7.98. The SMILES string of the molecule is O=C1c2ccccc2CSc2nc3cc([N+](=O)[O-])ccc3n21. The number of benzene rings is 2. The van der Waals surface area contributed by atoms with Gasteiger partial charge in [-0.3, -0.25) is 19.5 Å². The van der Waals surface area contributed by atoms with Crippen molar-refractivity contribution in [2.24, 2.45) is 0 Å². The first-order chi connectivity index (χ1) is 10.6. The summed E-state index contributed by atoms with van der Waals surface area (Å²) in [6.45, 7) is 0. The van der Waals surface area contributed by atoms with E-state index < -0.39 is 4.92 Å². The lowest BCUT2D eigenvalue weighted by Gasteiger charge is -2.05. The van der Waals surface area contributed by atoms with Crippen molar-refractivity contribution in [3.8, 4) is 0 Å². The van der Waals surface area contributed by atoms with Gasteiger partial charge in [0.25, 0.3) is 11.6 Å². The number of nitro benzene ring substituents is 1. The number of aromatic nitrogens is 2. The van der Waals surface area contributed by atoms with E-state index in [0.29, 0.717) is 27.5 Å². The topological polar surface area (TPSA) is 78.0 Å². The Morgan fingerprint density at radius 3 is 2.86 bits per heavy atom. The summed E-state index contributed by atoms with van der Waals surface area (Å²) in [5.41, 5.74) is 2.64. The fraction of sp³-hybridized carbons (Fsp3) is 0.0667. The molecule has 0 spiro atoms. The standard InChI is InChI=1S/C15H9N3O3S/c19-14-11-4-2-1-3-9(11)8-22-15-16-12-7-10(18(20)21)5-6-13(12)17(14)15/h1-7H,8H2. The van der Waals surface area contributed by atoms with E-state index in [2.05, 4.69) is 4.98 Å². The van der Waals surface area contributed by atoms with Gasteiger partial charge in [-0.15, -0.1) is 0 Å². The van der Waals surface area contributed by atoms with Crippen molar-refractivity contribution >= 4 is 34.4 Å². The molecule has 1 aromatic heterocycles. The van der Waals surface area contributed by atoms with Crippen molar-refractivity contribution in [1.29, 1.82) is 0 Å². The zero-order valence-corrected chi connectivity index (χ0v) is 12.0. The van der Waals surface area contributed by atoms with Crippen molar-refractivity contribution < 1.29 is 9.72 Å². The average Bonchev–Trinajstić information content (AvgIpc) is 2.83. The Labute approximate surface area is 128 Å². The van der Waals surface area contributed by atoms with Crippen molar-refractivity contribution in [2.45, 2.75) is 10.9 Å². The Hall–Kier alpha value is -2.67. The van der Waals surface area contributed by atoms with Gasteiger partial charge in [0.15, 0.2) is 5.16 Å². The van der Waals surface area contributed by atoms with Crippen LogP contribution in [0.3, 0.4) is 0 Å². The first-order valence-corrected chi connectivity index (χ1v) is 7.56. The smallest absolute Gasteiger partial charge is 0.268 e. The molecule has 0 radical (unpaired) electrons. The summed E-state index contributed by atoms with van der Waals surface area (Å²) >= 11 is 1.46. The molecule has 1 aliphatic rings. The Kier molecular flexibility index (Phi) is 2.77. The van der Waals surface area contributed by atoms with Crippen LogP contribution >= 0.6 is 11.8 Å². The maximum absolute atomic E-state index is 12.8. The number of imidazole rings is 1. The van der Waals surface area contributed by atoms with Crippen LogP contribution in [0.1, 0.15) is 15.9 Å². The van der Waals surface area contributed by atoms with Crippen LogP contribution in [-0.2, 0) is 5.75 Å². The number of nitrogens with zero attached hydrogens (tertiary/aromatic N) is 3. The van der Waals surface area contributed by atoms with Gasteiger partial charge in [0.1, 0.15) is 0 Å². The van der Waals surface area contributed by atoms with Gasteiger partial charge in [-0.1, -0.05) is 30.0 Å². The van der Waals surface area contributed by atoms with Crippen LogP contribution in [0.4, 0.5) is 5.69 Å². The van der Waals surface area contributed by atoms with Gasteiger partial charge in [-0.2, -0.15) is 0 Å². The third-order valence-electron chi connectivity index (χ3n) is 3.63. The van der Waals surface area contributed by atoms with Crippen LogP contribution < -0.4 is 0 Å². The summed E-state index contributed by atoms with van der Waals surface area (Å²) in [6, 6.07) is 11.8. The van der Waals surface area contributed by atoms with Crippen LogP contribution in [-0.4, -0.2) is 20.4 Å². The van der Waals surface area contributed by atoms with E-state index in [1.807, 2.05) is 18.2 Å². The van der Waals surface area contributed by atoms with Crippen LogP contribution in [0.25, 0.3) is 11.0 Å². The predicted octanol–water partition coefficient (Wildman–Crippen LogP) is 3.24. The highest BCUT2D eigenvalue weighted by atomic mass is 32.2. The van der Waals surface area contributed by atoms with Gasteiger partial charge in [0.2, 0.25) is 0 Å². The molecule has 108 valence electrons. The number of hydrogen-bond acceptors (Lipinski definition) is 5. The highest BCUT2D eigenvalue weighted by Gasteiger charge is 2.25. The molecule has 0 saturated carbocycles. The molecular formula is C15H9N3O3S. The van der Waals surface area contributed by atoms with Crippen molar-refractivity contribution in [2.75, 3.05) is 0 Å². The lowest BCUT2D eigenvalue weighted by atomic mass is 10.1. The summed E-state index contributed by atoms with van der Waals surface area (Å²) in [5.74, 6) is 0.500. The molecule has 0 amide bonds. The van der Waals surface area contributed by atoms with E-state index in [0.717, 1.165) is 5.56 Å². The maximum Gasteiger partial charge on any atom is 0.271 e. The fourth-order valence-corrected chi connectivity index (χ4v) is 3.58. The molecule has 0 N–H and O–H groups in total. The number of thioether (sulfide) groups is 1. The molecule has 0 unspecified atom stereocenters. The molecule has 0 aliphatic carbocycles. The minimum atomic E-state index is -0.464. The summed E-state index contributed by atoms with van der Waals surface area (Å²) in [7, 11) is 0. The zero-order chi connectivity index (χ0) is 15.3. The molecule has 0 atom stereocenters. The summed E-state index contributed by atoms with van der Waals surface area (Å²) in [4.78, 5) is 27.6. The van der Waals surface area contributed by atoms with E-state index >= 15 is 0 Å². The second kappa shape index (κ2) is 4.67. The first kappa shape index (κ1) is 13.0. The van der Waals surface area contributed by atoms with Gasteiger partial charge >= 0.3 is 0 Å². The third kappa shape index (κ3) is 1.82. The van der Waals surface area contributed by atoms with E-state index in [1.165, 1.54) is 28.5 Å². The van der Waals surface area contributed by atoms with Gasteiger partial charge < -0.3 is 0 Å². The van der Waals surface area contributed by atoms with Crippen molar-refractivity contribution in [1.82, 2.24) is 9.55 Å². The van der Waals surface area contributed by atoms with E-state index in [4.69, 9.17) is 0 Å². The maximum atomic E-state index is 12.8. The van der Waals surface area contributed by atoms with Gasteiger partial charge in [-0.05, 0) is 17.7 Å². The number of fused-ring (bicyclic) bond motifs is 4. The second-order valence-corrected chi connectivity index (χ2v) is 5.85. The number of hydrogen-bond donors (Lipinski definition) is 0. The van der Waals surface area contributed by atoms with E-state index in [9.17, 15) is 14.9 Å². The minimum absolute atomic E-state index is 0.0291. The first-order valence-electron chi connectivity index (χ1n) is 6.57. The number of nitro groups is 1. The molecule has 3 aromatic rings. The van der Waals surface area contributed by atoms with Crippen LogP contribution in [0, 0.1) is 10.1 Å². The highest BCUT2D eigenvalue weighted by Crippen LogP contribution is 2.33. The molecular weight excluding hydrogens is 302 g/mol. The van der Waals surface area contributed by atoms with Crippen LogP contribution in [0.5, 0.6) is 0 Å². The molecule has 4 rings (SSSR count). The number of carbonyl (C=O) groups excluding carboxylic acids is 1. The number of non-ortho nitro benzene ring substituents is 1. The third-order valence-corrected chi connectivity index (χ3v) is 4.61. The van der Waals surface area contributed by atoms with Gasteiger partial charge in [0.05, 0.1) is 16.0 Å². The molecule has 6 nitrogen and oxygen atoms in total. The Balaban J connectivity index is 1.96. The molecule has 0 bridgehead atoms. The number of rotatable bonds is 1. The number of carbonyl (C=O) groups is 1. The molecule has 0 fully saturated rings. The monoisotopic (exact) mass is 311 g/mol. The van der Waals surface area contributed by atoms with Gasteiger partial charge in [0, 0.05) is 23.4 Å². The lowest BCUT2D eigenvalue weighted by Crippen LogP contribution is -2.12. The van der Waals surface area contributed by atoms with Gasteiger partial charge in [-0.25, -0.2) is 4.98 Å². The molecule has 7 heteroatoms. The predicted molar refractivity (Wildman–Crippen MR) is 82.1 cm³/mol. The molecule has 22 heavy (non-hydrogen) atoms. The lowest BCUT2D eigenvalue weighted by molar-refractivity contribution is -0.384. The Morgan fingerprint density at radius 2 is 2.05 bits per heavy atom. The average molecular weight is 311 g/mol. The molecule has 2 heterocycles. The molecule has 0 saturated heterocycles. The van der Waals surface area contributed by atoms with Crippen molar-refractivity contribution in [3.63, 3.8) is 0 Å². The summed E-state index contributed by atoms with van der Waals surface area (Å²) in [5, 5.41) is 11.4. The second-order valence-electron chi connectivity index (χ2n) is 4.91. The Bertz CT molecular complexity index is 948. The van der Waals surface area contributed by atoms with E-state index in [1.54, 1.807) is 12.1 Å². The Morgan fingerprint density at radius 1 is 1.23 bits per heavy atom. The molecule has 2 aromatic carbocycles. The van der Waals surface area contributed by atoms with Crippen molar-refractivity contribution in [3.05, 3.63) is 63.7 Å². The van der Waals surface area contributed by atoms with Crippen LogP contribution in [0.15, 0.2) is 47.6 Å².